The van der Waals surface area contributed by atoms with E-state index >= 15 is 0 Å². The smallest absolute Gasteiger partial charge is 0.191 e. The van der Waals surface area contributed by atoms with E-state index < -0.39 is 0 Å². The van der Waals surface area contributed by atoms with Crippen LogP contribution in [0.25, 0.3) is 0 Å². The molecule has 1 atom stereocenters. The van der Waals surface area contributed by atoms with E-state index in [4.69, 9.17) is 9.73 Å². The minimum Gasteiger partial charge on any atom is -0.493 e. The van der Waals surface area contributed by atoms with Crippen LogP contribution in [0.15, 0.2) is 29.3 Å². The highest BCUT2D eigenvalue weighted by molar-refractivity contribution is 14.0. The summed E-state index contributed by atoms with van der Waals surface area (Å²) in [4.78, 5) is 4.77. The van der Waals surface area contributed by atoms with Gasteiger partial charge in [-0.2, -0.15) is 0 Å². The van der Waals surface area contributed by atoms with Gasteiger partial charge in [0, 0.05) is 25.1 Å². The molecule has 1 unspecified atom stereocenters. The van der Waals surface area contributed by atoms with Crippen LogP contribution in [0.1, 0.15) is 44.7 Å². The van der Waals surface area contributed by atoms with Crippen molar-refractivity contribution in [3.63, 3.8) is 0 Å². The molecule has 5 heteroatoms. The van der Waals surface area contributed by atoms with Crippen LogP contribution < -0.4 is 15.4 Å². The van der Waals surface area contributed by atoms with Crippen LogP contribution in [-0.4, -0.2) is 25.7 Å². The van der Waals surface area contributed by atoms with Gasteiger partial charge in [0.15, 0.2) is 5.96 Å². The molecule has 3 rings (SSSR count). The number of hydrogen-bond donors (Lipinski definition) is 2. The van der Waals surface area contributed by atoms with Gasteiger partial charge >= 0.3 is 0 Å². The highest BCUT2D eigenvalue weighted by Gasteiger charge is 2.37. The summed E-state index contributed by atoms with van der Waals surface area (Å²) in [6.07, 6.45) is 3.57. The van der Waals surface area contributed by atoms with Crippen LogP contribution >= 0.6 is 24.0 Å². The summed E-state index contributed by atoms with van der Waals surface area (Å²) in [6, 6.07) is 8.54. The summed E-state index contributed by atoms with van der Waals surface area (Å²) < 4.78 is 5.72. The molecule has 122 valence electrons. The number of halogens is 1. The van der Waals surface area contributed by atoms with Crippen molar-refractivity contribution in [1.29, 1.82) is 0 Å². The van der Waals surface area contributed by atoms with Crippen molar-refractivity contribution in [3.8, 4) is 5.75 Å². The molecule has 1 aliphatic heterocycles. The molecule has 1 aromatic carbocycles. The second-order valence-electron chi connectivity index (χ2n) is 6.38. The summed E-state index contributed by atoms with van der Waals surface area (Å²) in [5.74, 6) is 1.92. The van der Waals surface area contributed by atoms with Crippen molar-refractivity contribution in [2.45, 2.75) is 39.2 Å². The molecule has 4 nitrogen and oxygen atoms in total. The van der Waals surface area contributed by atoms with Crippen molar-refractivity contribution in [2.24, 2.45) is 10.4 Å². The number of ether oxygens (including phenoxy) is 1. The lowest BCUT2D eigenvalue weighted by atomic mass is 10.0. The van der Waals surface area contributed by atoms with Gasteiger partial charge in [0.05, 0.1) is 12.6 Å². The van der Waals surface area contributed by atoms with Gasteiger partial charge in [0.25, 0.3) is 0 Å². The van der Waals surface area contributed by atoms with Gasteiger partial charge < -0.3 is 15.4 Å². The highest BCUT2D eigenvalue weighted by Crippen LogP contribution is 2.45. The van der Waals surface area contributed by atoms with E-state index in [9.17, 15) is 0 Å². The molecule has 0 radical (unpaired) electrons. The number of para-hydroxylation sites is 1. The van der Waals surface area contributed by atoms with Crippen LogP contribution in [0, 0.1) is 5.41 Å². The van der Waals surface area contributed by atoms with Crippen LogP contribution in [0.5, 0.6) is 5.75 Å². The molecule has 0 amide bonds. The van der Waals surface area contributed by atoms with Crippen molar-refractivity contribution in [2.75, 3.05) is 19.7 Å². The molecule has 0 spiro atoms. The Kier molecular flexibility index (Phi) is 5.94. The predicted octanol–water partition coefficient (Wildman–Crippen LogP) is 3.48. The van der Waals surface area contributed by atoms with Gasteiger partial charge in [-0.3, -0.25) is 4.99 Å². The Balaban J connectivity index is 0.00000176. The molecule has 2 aliphatic rings. The minimum atomic E-state index is 0. The maximum absolute atomic E-state index is 5.72. The Labute approximate surface area is 150 Å². The first-order valence-corrected chi connectivity index (χ1v) is 7.97. The van der Waals surface area contributed by atoms with Crippen LogP contribution in [0.4, 0.5) is 0 Å². The summed E-state index contributed by atoms with van der Waals surface area (Å²) in [6.45, 7) is 6.96. The first-order chi connectivity index (χ1) is 10.2. The molecule has 1 fully saturated rings. The Morgan fingerprint density at radius 1 is 1.36 bits per heavy atom. The van der Waals surface area contributed by atoms with Crippen LogP contribution in [0.3, 0.4) is 0 Å². The second kappa shape index (κ2) is 7.53. The number of nitrogens with one attached hydrogen (secondary N) is 2. The van der Waals surface area contributed by atoms with Crippen LogP contribution in [-0.2, 0) is 0 Å². The van der Waals surface area contributed by atoms with E-state index in [-0.39, 0.29) is 30.0 Å². The molecule has 0 aromatic heterocycles. The summed E-state index contributed by atoms with van der Waals surface area (Å²) in [7, 11) is 0. The van der Waals surface area contributed by atoms with E-state index in [2.05, 4.69) is 36.6 Å². The lowest BCUT2D eigenvalue weighted by Crippen LogP contribution is -2.41. The monoisotopic (exact) mass is 415 g/mol. The summed E-state index contributed by atoms with van der Waals surface area (Å²) in [5, 5.41) is 6.93. The summed E-state index contributed by atoms with van der Waals surface area (Å²) in [5.41, 5.74) is 1.67. The van der Waals surface area contributed by atoms with E-state index in [1.54, 1.807) is 0 Å². The number of guanidine groups is 1. The quantitative estimate of drug-likeness (QED) is 0.450. The number of rotatable bonds is 4. The molecule has 1 aliphatic carbocycles. The maximum Gasteiger partial charge on any atom is 0.191 e. The Morgan fingerprint density at radius 3 is 2.86 bits per heavy atom. The number of benzene rings is 1. The Bertz CT molecular complexity index is 528. The van der Waals surface area contributed by atoms with Gasteiger partial charge in [-0.15, -0.1) is 24.0 Å². The minimum absolute atomic E-state index is 0. The maximum atomic E-state index is 5.72. The van der Waals surface area contributed by atoms with Gasteiger partial charge in [0.2, 0.25) is 0 Å². The molecule has 1 heterocycles. The Morgan fingerprint density at radius 2 is 2.14 bits per heavy atom. The Hall–Kier alpha value is -0.980. The largest absolute Gasteiger partial charge is 0.493 e. The first-order valence-electron chi connectivity index (χ1n) is 7.97. The highest BCUT2D eigenvalue weighted by atomic mass is 127. The van der Waals surface area contributed by atoms with Gasteiger partial charge in [-0.1, -0.05) is 25.1 Å². The first kappa shape index (κ1) is 17.4. The third kappa shape index (κ3) is 4.27. The summed E-state index contributed by atoms with van der Waals surface area (Å²) >= 11 is 0. The number of nitrogens with zero attached hydrogens (tertiary/aromatic N) is 1. The zero-order valence-electron chi connectivity index (χ0n) is 13.4. The number of hydrogen-bond acceptors (Lipinski definition) is 2. The second-order valence-corrected chi connectivity index (χ2v) is 6.38. The predicted molar refractivity (Wildman–Crippen MR) is 101 cm³/mol. The average Bonchev–Trinajstić information content (AvgIpc) is 3.24. The van der Waals surface area contributed by atoms with Crippen molar-refractivity contribution >= 4 is 29.9 Å². The number of fused-ring (bicyclic) bond motifs is 1. The molecule has 1 saturated carbocycles. The van der Waals surface area contributed by atoms with Gasteiger partial charge in [-0.05, 0) is 31.2 Å². The van der Waals surface area contributed by atoms with Crippen molar-refractivity contribution in [1.82, 2.24) is 10.6 Å². The van der Waals surface area contributed by atoms with Gasteiger partial charge in [-0.25, -0.2) is 0 Å². The average molecular weight is 415 g/mol. The standard InChI is InChI=1S/C17H25N3O.HI/c1-3-18-16(19-12-17(2)9-10-17)20-14-8-11-21-15-7-5-4-6-13(14)15;/h4-7,14H,3,8-12H2,1-2H3,(H2,18,19,20);1H. The molecule has 22 heavy (non-hydrogen) atoms. The molecular weight excluding hydrogens is 389 g/mol. The SMILES string of the molecule is CCNC(=NCC1(C)CC1)NC1CCOc2ccccc21.I. The third-order valence-corrected chi connectivity index (χ3v) is 4.34. The molecule has 0 saturated heterocycles. The number of aliphatic imine (C=N–C) groups is 1. The van der Waals surface area contributed by atoms with E-state index in [0.29, 0.717) is 5.41 Å². The molecule has 0 bridgehead atoms. The fourth-order valence-corrected chi connectivity index (χ4v) is 2.62. The fraction of sp³-hybridized carbons (Fsp3) is 0.588. The molecule has 2 N–H and O–H groups in total. The van der Waals surface area contributed by atoms with Crippen molar-refractivity contribution < 1.29 is 4.74 Å². The van der Waals surface area contributed by atoms with E-state index in [1.165, 1.54) is 18.4 Å². The normalized spacial score (nSPS) is 21.9. The van der Waals surface area contributed by atoms with Crippen LogP contribution in [0.2, 0.25) is 0 Å². The zero-order valence-corrected chi connectivity index (χ0v) is 15.7. The van der Waals surface area contributed by atoms with E-state index in [0.717, 1.165) is 37.8 Å². The van der Waals surface area contributed by atoms with Gasteiger partial charge in [0.1, 0.15) is 5.75 Å². The molecular formula is C17H26IN3O. The third-order valence-electron chi connectivity index (χ3n) is 4.34. The molecule has 1 aromatic rings. The lowest BCUT2D eigenvalue weighted by Gasteiger charge is -2.28. The van der Waals surface area contributed by atoms with Crippen molar-refractivity contribution in [3.05, 3.63) is 29.8 Å². The van der Waals surface area contributed by atoms with E-state index in [1.807, 2.05) is 12.1 Å². The zero-order chi connectivity index (χ0) is 14.7. The fourth-order valence-electron chi connectivity index (χ4n) is 2.62. The lowest BCUT2D eigenvalue weighted by molar-refractivity contribution is 0.261. The topological polar surface area (TPSA) is 45.7 Å².